The van der Waals surface area contributed by atoms with E-state index < -0.39 is 12.0 Å². The number of methoxy groups -OCH3 is 2. The number of rotatable bonds is 6. The van der Waals surface area contributed by atoms with Gasteiger partial charge in [0.1, 0.15) is 0 Å². The van der Waals surface area contributed by atoms with Crippen molar-refractivity contribution >= 4 is 23.6 Å². The number of carbonyl (C=O) groups is 2. The van der Waals surface area contributed by atoms with Gasteiger partial charge < -0.3 is 9.47 Å². The fourth-order valence-corrected chi connectivity index (χ4v) is 10.1. The summed E-state index contributed by atoms with van der Waals surface area (Å²) in [6.07, 6.45) is 5.82. The summed E-state index contributed by atoms with van der Waals surface area (Å²) in [4.78, 5) is 40.7. The summed E-state index contributed by atoms with van der Waals surface area (Å²) in [5, 5.41) is 12.9. The number of nitro groups is 1. The first-order valence-corrected chi connectivity index (χ1v) is 13.1. The van der Waals surface area contributed by atoms with E-state index >= 15 is 0 Å². The minimum atomic E-state index is -0.704. The molecule has 8 nitrogen and oxygen atoms in total. The van der Waals surface area contributed by atoms with Crippen LogP contribution in [0, 0.1) is 45.6 Å². The van der Waals surface area contributed by atoms with Gasteiger partial charge in [-0.3, -0.25) is 24.6 Å². The minimum Gasteiger partial charge on any atom is -0.385 e. The van der Waals surface area contributed by atoms with Crippen LogP contribution >= 0.6 is 11.8 Å². The van der Waals surface area contributed by atoms with Gasteiger partial charge in [0, 0.05) is 67.0 Å². The van der Waals surface area contributed by atoms with E-state index in [0.717, 1.165) is 19.3 Å². The summed E-state index contributed by atoms with van der Waals surface area (Å²) in [6, 6.07) is -0.704. The molecule has 0 aromatic carbocycles. The van der Waals surface area contributed by atoms with Crippen LogP contribution < -0.4 is 0 Å². The molecule has 2 heterocycles. The fraction of sp³-hybridized carbons (Fsp3) is 0.913. The average molecular weight is 467 g/mol. The molecule has 0 bridgehead atoms. The lowest BCUT2D eigenvalue weighted by Gasteiger charge is -2.62. The average Bonchev–Trinajstić information content (AvgIpc) is 2.80. The monoisotopic (exact) mass is 466 g/mol. The molecule has 5 rings (SSSR count). The first-order valence-electron chi connectivity index (χ1n) is 12.1. The van der Waals surface area contributed by atoms with E-state index in [1.165, 1.54) is 11.3 Å². The number of amides is 2. The predicted molar refractivity (Wildman–Crippen MR) is 119 cm³/mol. The molecule has 0 aromatic heterocycles. The quantitative estimate of drug-likeness (QED) is 0.257. The maximum absolute atomic E-state index is 13.5. The van der Waals surface area contributed by atoms with E-state index in [2.05, 4.69) is 0 Å². The zero-order valence-corrected chi connectivity index (χ0v) is 19.7. The number of hydrogen-bond acceptors (Lipinski definition) is 7. The molecule has 0 N–H and O–H groups in total. The lowest BCUT2D eigenvalue weighted by Crippen LogP contribution is -2.69. The Morgan fingerprint density at radius 3 is 2.47 bits per heavy atom. The third kappa shape index (κ3) is 3.41. The molecule has 10 atom stereocenters. The maximum Gasteiger partial charge on any atom is 0.232 e. The zero-order chi connectivity index (χ0) is 22.6. The summed E-state index contributed by atoms with van der Waals surface area (Å²) in [5.74, 6) is -0.811. The van der Waals surface area contributed by atoms with Crippen LogP contribution in [0.15, 0.2) is 0 Å². The molecule has 5 fully saturated rings. The van der Waals surface area contributed by atoms with Crippen LogP contribution in [0.4, 0.5) is 0 Å². The third-order valence-electron chi connectivity index (χ3n) is 9.04. The number of thioether (sulfide) groups is 1. The molecular formula is C23H34N2O6S. The topological polar surface area (TPSA) is 99.0 Å². The second-order valence-electron chi connectivity index (χ2n) is 10.3. The molecule has 3 saturated carbocycles. The molecule has 178 valence electrons. The van der Waals surface area contributed by atoms with E-state index in [9.17, 15) is 19.7 Å². The van der Waals surface area contributed by atoms with Crippen LogP contribution in [0.2, 0.25) is 0 Å². The Morgan fingerprint density at radius 1 is 1.06 bits per heavy atom. The lowest BCUT2D eigenvalue weighted by atomic mass is 9.50. The molecule has 0 spiro atoms. The number of nitrogens with zero attached hydrogens (tertiary/aromatic N) is 2. The normalized spacial score (nSPS) is 45.2. The van der Waals surface area contributed by atoms with E-state index in [1.54, 1.807) is 14.2 Å². The Morgan fingerprint density at radius 2 is 1.78 bits per heavy atom. The summed E-state index contributed by atoms with van der Waals surface area (Å²) < 4.78 is 11.0. The first kappa shape index (κ1) is 22.6. The molecule has 2 aliphatic heterocycles. The molecule has 0 radical (unpaired) electrons. The number of imide groups is 1. The Bertz CT molecular complexity index is 780. The molecule has 32 heavy (non-hydrogen) atoms. The van der Waals surface area contributed by atoms with Gasteiger partial charge in [0.15, 0.2) is 0 Å². The number of carbonyl (C=O) groups excluding carboxylic acids is 2. The van der Waals surface area contributed by atoms with Gasteiger partial charge in [-0.15, -0.1) is 0 Å². The predicted octanol–water partition coefficient (Wildman–Crippen LogP) is 2.61. The Labute approximate surface area is 193 Å². The molecule has 2 amide bonds. The van der Waals surface area contributed by atoms with Crippen molar-refractivity contribution in [2.75, 3.05) is 27.4 Å². The highest BCUT2D eigenvalue weighted by Crippen LogP contribution is 2.63. The van der Waals surface area contributed by atoms with E-state index in [0.29, 0.717) is 37.2 Å². The zero-order valence-electron chi connectivity index (χ0n) is 18.9. The highest BCUT2D eigenvalue weighted by Gasteiger charge is 2.68. The van der Waals surface area contributed by atoms with E-state index in [-0.39, 0.29) is 58.2 Å². The summed E-state index contributed by atoms with van der Waals surface area (Å²) >= 11 is 1.96. The van der Waals surface area contributed by atoms with Crippen molar-refractivity contribution < 1.29 is 24.0 Å². The van der Waals surface area contributed by atoms with Crippen LogP contribution in [0.3, 0.4) is 0 Å². The van der Waals surface area contributed by atoms with Crippen LogP contribution in [0.5, 0.6) is 0 Å². The smallest absolute Gasteiger partial charge is 0.232 e. The van der Waals surface area contributed by atoms with Crippen LogP contribution in [-0.2, 0) is 19.1 Å². The highest BCUT2D eigenvalue weighted by atomic mass is 32.2. The van der Waals surface area contributed by atoms with Gasteiger partial charge in [0.25, 0.3) is 0 Å². The molecule has 10 unspecified atom stereocenters. The van der Waals surface area contributed by atoms with Gasteiger partial charge in [-0.05, 0) is 43.4 Å². The highest BCUT2D eigenvalue weighted by molar-refractivity contribution is 8.00. The van der Waals surface area contributed by atoms with Gasteiger partial charge in [0.05, 0.1) is 6.10 Å². The van der Waals surface area contributed by atoms with Crippen LogP contribution in [0.25, 0.3) is 0 Å². The Balaban J connectivity index is 1.54. The van der Waals surface area contributed by atoms with Crippen molar-refractivity contribution in [3.63, 3.8) is 0 Å². The molecule has 3 aliphatic carbocycles. The van der Waals surface area contributed by atoms with E-state index in [1.807, 2.05) is 11.8 Å². The van der Waals surface area contributed by atoms with Crippen LogP contribution in [-0.4, -0.2) is 71.7 Å². The number of hydrogen-bond donors (Lipinski definition) is 0. The summed E-state index contributed by atoms with van der Waals surface area (Å²) in [7, 11) is 3.30. The van der Waals surface area contributed by atoms with E-state index in [4.69, 9.17) is 9.47 Å². The van der Waals surface area contributed by atoms with Crippen LogP contribution in [0.1, 0.15) is 44.9 Å². The Kier molecular flexibility index (Phi) is 6.26. The summed E-state index contributed by atoms with van der Waals surface area (Å²) in [5.41, 5.74) is 0. The van der Waals surface area contributed by atoms with Crippen molar-refractivity contribution in [2.45, 2.75) is 67.6 Å². The van der Waals surface area contributed by atoms with Gasteiger partial charge in [0.2, 0.25) is 17.9 Å². The third-order valence-corrected chi connectivity index (χ3v) is 10.9. The van der Waals surface area contributed by atoms with Gasteiger partial charge in [-0.2, -0.15) is 11.8 Å². The number of piperidine rings is 1. The second kappa shape index (κ2) is 8.87. The molecule has 0 aromatic rings. The minimum absolute atomic E-state index is 0.00576. The largest absolute Gasteiger partial charge is 0.385 e. The standard InChI is InChI=1S/C23H34N2O6S/c1-30-9-5-8-24-22(26)13-10-15(25(28)29)19-12-6-3-4-7-17(12)32-21-16(31-2)11-14(23(24)27)18(13)20(19)21/h12-21H,3-11H2,1-2H3. The molecule has 5 aliphatic rings. The van der Waals surface area contributed by atoms with Gasteiger partial charge in [-0.1, -0.05) is 12.8 Å². The number of fused-ring (bicyclic) bond motifs is 2. The lowest BCUT2D eigenvalue weighted by molar-refractivity contribution is -0.544. The summed E-state index contributed by atoms with van der Waals surface area (Å²) in [6.45, 7) is 0.795. The van der Waals surface area contributed by atoms with Crippen molar-refractivity contribution in [3.05, 3.63) is 10.1 Å². The van der Waals surface area contributed by atoms with Crippen molar-refractivity contribution in [2.24, 2.45) is 35.5 Å². The SMILES string of the molecule is COCCCN1C(=O)C2CC(OC)C3SC4CCCCC4C4C3C2C(CC4[N+](=O)[O-])C1=O. The van der Waals surface area contributed by atoms with Crippen molar-refractivity contribution in [1.82, 2.24) is 4.90 Å². The molecule has 9 heteroatoms. The first-order chi connectivity index (χ1) is 15.5. The molecule has 2 saturated heterocycles. The van der Waals surface area contributed by atoms with Gasteiger partial charge in [-0.25, -0.2) is 0 Å². The Hall–Kier alpha value is -1.19. The van der Waals surface area contributed by atoms with Gasteiger partial charge >= 0.3 is 0 Å². The van der Waals surface area contributed by atoms with Crippen molar-refractivity contribution in [3.8, 4) is 0 Å². The number of likely N-dealkylation sites (tertiary alicyclic amines) is 1. The fourth-order valence-electron chi connectivity index (χ4n) is 7.90. The number of ether oxygens (including phenoxy) is 2. The van der Waals surface area contributed by atoms with Crippen molar-refractivity contribution in [1.29, 1.82) is 0 Å². The molecular weight excluding hydrogens is 432 g/mol. The maximum atomic E-state index is 13.5. The second-order valence-corrected chi connectivity index (χ2v) is 11.7.